The summed E-state index contributed by atoms with van der Waals surface area (Å²) in [6, 6.07) is 5.68. The lowest BCUT2D eigenvalue weighted by molar-refractivity contribution is 0.0137. The topological polar surface area (TPSA) is 85.1 Å². The number of carbonyl (C=O) groups excluding carboxylic acids is 1. The highest BCUT2D eigenvalue weighted by Gasteiger charge is 2.25. The van der Waals surface area contributed by atoms with Crippen LogP contribution in [0.25, 0.3) is 16.9 Å². The summed E-state index contributed by atoms with van der Waals surface area (Å²) in [4.78, 5) is 25.0. The predicted molar refractivity (Wildman–Crippen MR) is 116 cm³/mol. The summed E-state index contributed by atoms with van der Waals surface area (Å²) >= 11 is 0. The van der Waals surface area contributed by atoms with Crippen molar-refractivity contribution in [2.24, 2.45) is 0 Å². The van der Waals surface area contributed by atoms with Crippen molar-refractivity contribution < 1.29 is 14.3 Å². The van der Waals surface area contributed by atoms with Crippen molar-refractivity contribution in [1.29, 1.82) is 0 Å². The summed E-state index contributed by atoms with van der Waals surface area (Å²) in [6.45, 7) is 9.96. The molecule has 1 saturated heterocycles. The standard InChI is InChI=1S/C22H28N6O3/c1-22(2,3)31-21(29)27-10-8-26(9-11-27)12-13-30-18-4-5-19(23-15-18)17-14-24-20-6-7-25-28(20)16-17/h4-7,14-16H,8-13H2,1-3H3. The fourth-order valence-electron chi connectivity index (χ4n) is 3.35. The molecule has 1 aliphatic rings. The Labute approximate surface area is 181 Å². The lowest BCUT2D eigenvalue weighted by Gasteiger charge is -2.35. The number of hydrogen-bond acceptors (Lipinski definition) is 7. The van der Waals surface area contributed by atoms with E-state index >= 15 is 0 Å². The third-order valence-electron chi connectivity index (χ3n) is 4.98. The second kappa shape index (κ2) is 8.89. The van der Waals surface area contributed by atoms with Gasteiger partial charge in [-0.3, -0.25) is 9.88 Å². The number of aromatic nitrogens is 4. The van der Waals surface area contributed by atoms with E-state index in [9.17, 15) is 4.79 Å². The number of carbonyl (C=O) groups is 1. The molecule has 31 heavy (non-hydrogen) atoms. The highest BCUT2D eigenvalue weighted by molar-refractivity contribution is 5.68. The Morgan fingerprint density at radius 2 is 1.87 bits per heavy atom. The molecule has 0 saturated carbocycles. The molecule has 0 unspecified atom stereocenters. The number of pyridine rings is 1. The molecule has 1 fully saturated rings. The van der Waals surface area contributed by atoms with Crippen LogP contribution in [0.2, 0.25) is 0 Å². The Balaban J connectivity index is 1.22. The van der Waals surface area contributed by atoms with Crippen LogP contribution in [0.3, 0.4) is 0 Å². The first-order valence-corrected chi connectivity index (χ1v) is 10.5. The largest absolute Gasteiger partial charge is 0.491 e. The van der Waals surface area contributed by atoms with Crippen molar-refractivity contribution in [3.05, 3.63) is 43.0 Å². The summed E-state index contributed by atoms with van der Waals surface area (Å²) < 4.78 is 13.0. The SMILES string of the molecule is CC(C)(C)OC(=O)N1CCN(CCOc2ccc(-c3cnc4ccnn4c3)nc2)CC1. The Kier molecular flexibility index (Phi) is 6.03. The van der Waals surface area contributed by atoms with Crippen molar-refractivity contribution in [3.8, 4) is 17.0 Å². The fraction of sp³-hybridized carbons (Fsp3) is 0.455. The second-order valence-corrected chi connectivity index (χ2v) is 8.51. The zero-order valence-corrected chi connectivity index (χ0v) is 18.2. The van der Waals surface area contributed by atoms with Gasteiger partial charge in [0.25, 0.3) is 0 Å². The van der Waals surface area contributed by atoms with Crippen LogP contribution in [-0.2, 0) is 4.74 Å². The minimum Gasteiger partial charge on any atom is -0.491 e. The van der Waals surface area contributed by atoms with Gasteiger partial charge in [-0.2, -0.15) is 5.10 Å². The average Bonchev–Trinajstić information content (AvgIpc) is 3.21. The Morgan fingerprint density at radius 3 is 2.58 bits per heavy atom. The molecular weight excluding hydrogens is 396 g/mol. The molecule has 0 spiro atoms. The molecule has 0 radical (unpaired) electrons. The van der Waals surface area contributed by atoms with Crippen molar-refractivity contribution in [2.75, 3.05) is 39.3 Å². The van der Waals surface area contributed by atoms with Gasteiger partial charge in [0, 0.05) is 56.7 Å². The van der Waals surface area contributed by atoms with E-state index < -0.39 is 5.60 Å². The Hall–Kier alpha value is -3.20. The molecule has 0 bridgehead atoms. The van der Waals surface area contributed by atoms with E-state index in [-0.39, 0.29) is 6.09 Å². The van der Waals surface area contributed by atoms with Crippen molar-refractivity contribution >= 4 is 11.7 Å². The number of rotatable bonds is 5. The Morgan fingerprint density at radius 1 is 1.06 bits per heavy atom. The number of fused-ring (bicyclic) bond motifs is 1. The fourth-order valence-corrected chi connectivity index (χ4v) is 3.35. The van der Waals surface area contributed by atoms with E-state index in [0.717, 1.165) is 42.3 Å². The van der Waals surface area contributed by atoms with Crippen LogP contribution in [0.4, 0.5) is 4.79 Å². The molecule has 0 aromatic carbocycles. The van der Waals surface area contributed by atoms with Gasteiger partial charge < -0.3 is 14.4 Å². The first-order valence-electron chi connectivity index (χ1n) is 10.5. The van der Waals surface area contributed by atoms with Crippen LogP contribution in [0.5, 0.6) is 5.75 Å². The number of piperazine rings is 1. The second-order valence-electron chi connectivity index (χ2n) is 8.51. The summed E-state index contributed by atoms with van der Waals surface area (Å²) in [7, 11) is 0. The van der Waals surface area contributed by atoms with Crippen molar-refractivity contribution in [3.63, 3.8) is 0 Å². The van der Waals surface area contributed by atoms with E-state index in [1.807, 2.05) is 45.2 Å². The molecule has 0 atom stereocenters. The van der Waals surface area contributed by atoms with Crippen LogP contribution < -0.4 is 4.74 Å². The molecule has 1 aliphatic heterocycles. The van der Waals surface area contributed by atoms with Crippen LogP contribution in [0, 0.1) is 0 Å². The molecule has 0 N–H and O–H groups in total. The first-order chi connectivity index (χ1) is 14.9. The predicted octanol–water partition coefficient (Wildman–Crippen LogP) is 2.72. The zero-order valence-electron chi connectivity index (χ0n) is 18.2. The molecule has 0 aliphatic carbocycles. The summed E-state index contributed by atoms with van der Waals surface area (Å²) in [6.07, 6.45) is 6.90. The van der Waals surface area contributed by atoms with E-state index in [2.05, 4.69) is 20.0 Å². The summed E-state index contributed by atoms with van der Waals surface area (Å²) in [5.74, 6) is 0.726. The number of amides is 1. The lowest BCUT2D eigenvalue weighted by Crippen LogP contribution is -2.50. The lowest BCUT2D eigenvalue weighted by atomic mass is 10.2. The molecule has 1 amide bonds. The number of ether oxygens (including phenoxy) is 2. The highest BCUT2D eigenvalue weighted by Crippen LogP contribution is 2.19. The van der Waals surface area contributed by atoms with Gasteiger partial charge in [-0.1, -0.05) is 0 Å². The maximum atomic E-state index is 12.1. The van der Waals surface area contributed by atoms with Gasteiger partial charge in [-0.25, -0.2) is 14.3 Å². The van der Waals surface area contributed by atoms with Gasteiger partial charge in [0.2, 0.25) is 0 Å². The highest BCUT2D eigenvalue weighted by atomic mass is 16.6. The summed E-state index contributed by atoms with van der Waals surface area (Å²) in [5, 5.41) is 4.21. The van der Waals surface area contributed by atoms with Gasteiger partial charge in [0.15, 0.2) is 5.65 Å². The molecule has 164 valence electrons. The molecule has 3 aromatic heterocycles. The zero-order chi connectivity index (χ0) is 21.8. The van der Waals surface area contributed by atoms with Crippen LogP contribution in [0.1, 0.15) is 20.8 Å². The van der Waals surface area contributed by atoms with Gasteiger partial charge in [-0.15, -0.1) is 0 Å². The molecule has 3 aromatic rings. The van der Waals surface area contributed by atoms with Crippen LogP contribution in [0.15, 0.2) is 43.0 Å². The number of hydrogen-bond donors (Lipinski definition) is 0. The maximum Gasteiger partial charge on any atom is 0.410 e. The van der Waals surface area contributed by atoms with E-state index in [4.69, 9.17) is 9.47 Å². The van der Waals surface area contributed by atoms with Gasteiger partial charge in [0.05, 0.1) is 18.1 Å². The Bertz CT molecular complexity index is 1020. The third kappa shape index (κ3) is 5.49. The molecule has 9 heteroatoms. The van der Waals surface area contributed by atoms with E-state index in [0.29, 0.717) is 19.7 Å². The van der Waals surface area contributed by atoms with Crippen LogP contribution >= 0.6 is 0 Å². The van der Waals surface area contributed by atoms with E-state index in [1.54, 1.807) is 28.0 Å². The monoisotopic (exact) mass is 424 g/mol. The van der Waals surface area contributed by atoms with Crippen LogP contribution in [-0.4, -0.2) is 80.4 Å². The van der Waals surface area contributed by atoms with Gasteiger partial charge in [0.1, 0.15) is 18.0 Å². The molecular formula is C22H28N6O3. The normalized spacial score (nSPS) is 15.3. The minimum atomic E-state index is -0.464. The first kappa shape index (κ1) is 21.0. The third-order valence-corrected chi connectivity index (χ3v) is 4.98. The number of nitrogens with zero attached hydrogens (tertiary/aromatic N) is 6. The quantitative estimate of drug-likeness (QED) is 0.623. The molecule has 9 nitrogen and oxygen atoms in total. The maximum absolute atomic E-state index is 12.1. The van der Waals surface area contributed by atoms with Crippen molar-refractivity contribution in [1.82, 2.24) is 29.4 Å². The average molecular weight is 425 g/mol. The summed E-state index contributed by atoms with van der Waals surface area (Å²) in [5.41, 5.74) is 2.05. The van der Waals surface area contributed by atoms with E-state index in [1.165, 1.54) is 0 Å². The minimum absolute atomic E-state index is 0.239. The molecule has 4 rings (SSSR count). The van der Waals surface area contributed by atoms with Gasteiger partial charge >= 0.3 is 6.09 Å². The van der Waals surface area contributed by atoms with Gasteiger partial charge in [-0.05, 0) is 32.9 Å². The molecule has 4 heterocycles. The smallest absolute Gasteiger partial charge is 0.410 e. The van der Waals surface area contributed by atoms with Crippen molar-refractivity contribution in [2.45, 2.75) is 26.4 Å².